The quantitative estimate of drug-likeness (QED) is 0.565. The van der Waals surface area contributed by atoms with Gasteiger partial charge >= 0.3 is 0 Å². The highest BCUT2D eigenvalue weighted by Crippen LogP contribution is 2.08. The third-order valence-corrected chi connectivity index (χ3v) is 1.01. The van der Waals surface area contributed by atoms with Crippen molar-refractivity contribution in [1.29, 1.82) is 0 Å². The van der Waals surface area contributed by atoms with E-state index in [0.29, 0.717) is 0 Å². The predicted octanol–water partition coefficient (Wildman–Crippen LogP) is 2.11. The minimum atomic E-state index is -0.544. The van der Waals surface area contributed by atoms with E-state index in [1.165, 1.54) is 5.57 Å². The highest BCUT2D eigenvalue weighted by molar-refractivity contribution is 4.95. The van der Waals surface area contributed by atoms with E-state index in [4.69, 9.17) is 0 Å². The Labute approximate surface area is 57.4 Å². The number of hydrogen-bond acceptors (Lipinski definition) is 1. The summed E-state index contributed by atoms with van der Waals surface area (Å²) in [6.07, 6.45) is 2.79. The standard InChI is InChI=1S/C8H16O/c1-7(2)5-6-8(3,4)9/h5,9H,6H2,1-4H3. The molecule has 0 fully saturated rings. The first-order valence-electron chi connectivity index (χ1n) is 3.27. The zero-order valence-electron chi connectivity index (χ0n) is 6.73. The summed E-state index contributed by atoms with van der Waals surface area (Å²) >= 11 is 0. The SMILES string of the molecule is CC(C)=CCC(C)(C)O. The number of rotatable bonds is 2. The fourth-order valence-corrected chi connectivity index (χ4v) is 0.454. The maximum absolute atomic E-state index is 9.22. The van der Waals surface area contributed by atoms with Gasteiger partial charge in [-0.1, -0.05) is 11.6 Å². The van der Waals surface area contributed by atoms with Crippen LogP contribution in [0.5, 0.6) is 0 Å². The lowest BCUT2D eigenvalue weighted by molar-refractivity contribution is 0.0837. The van der Waals surface area contributed by atoms with Gasteiger partial charge in [0.15, 0.2) is 0 Å². The lowest BCUT2D eigenvalue weighted by Crippen LogP contribution is -2.16. The number of allylic oxidation sites excluding steroid dienone is 1. The van der Waals surface area contributed by atoms with Crippen molar-refractivity contribution in [1.82, 2.24) is 0 Å². The number of aliphatic hydroxyl groups is 1. The van der Waals surface area contributed by atoms with Crippen LogP contribution in [0.1, 0.15) is 34.1 Å². The first-order valence-corrected chi connectivity index (χ1v) is 3.27. The Morgan fingerprint density at radius 1 is 1.44 bits per heavy atom. The van der Waals surface area contributed by atoms with Gasteiger partial charge in [0.25, 0.3) is 0 Å². The third-order valence-electron chi connectivity index (χ3n) is 1.01. The lowest BCUT2D eigenvalue weighted by Gasteiger charge is -2.13. The molecule has 0 unspecified atom stereocenters. The molecule has 0 aliphatic heterocycles. The molecule has 0 saturated heterocycles. The highest BCUT2D eigenvalue weighted by atomic mass is 16.3. The minimum absolute atomic E-state index is 0.544. The van der Waals surface area contributed by atoms with Gasteiger partial charge in [-0.05, 0) is 34.1 Å². The lowest BCUT2D eigenvalue weighted by atomic mass is 10.0. The Balaban J connectivity index is 3.64. The average Bonchev–Trinajstić information content (AvgIpc) is 1.59. The van der Waals surface area contributed by atoms with E-state index in [1.54, 1.807) is 0 Å². The van der Waals surface area contributed by atoms with Crippen LogP contribution >= 0.6 is 0 Å². The molecule has 54 valence electrons. The molecule has 0 bridgehead atoms. The van der Waals surface area contributed by atoms with E-state index in [-0.39, 0.29) is 0 Å². The van der Waals surface area contributed by atoms with E-state index in [0.717, 1.165) is 6.42 Å². The van der Waals surface area contributed by atoms with Crippen molar-refractivity contribution in [3.05, 3.63) is 11.6 Å². The van der Waals surface area contributed by atoms with Gasteiger partial charge in [-0.3, -0.25) is 0 Å². The fraction of sp³-hybridized carbons (Fsp3) is 0.750. The summed E-state index contributed by atoms with van der Waals surface area (Å²) in [5.41, 5.74) is 0.717. The second-order valence-corrected chi connectivity index (χ2v) is 3.30. The van der Waals surface area contributed by atoms with Crippen LogP contribution in [0.2, 0.25) is 0 Å². The molecule has 9 heavy (non-hydrogen) atoms. The van der Waals surface area contributed by atoms with Crippen molar-refractivity contribution in [3.63, 3.8) is 0 Å². The third kappa shape index (κ3) is 7.70. The van der Waals surface area contributed by atoms with Crippen LogP contribution in [0.4, 0.5) is 0 Å². The maximum atomic E-state index is 9.22. The molecule has 0 aromatic heterocycles. The van der Waals surface area contributed by atoms with E-state index in [1.807, 2.05) is 33.8 Å². The van der Waals surface area contributed by atoms with Crippen molar-refractivity contribution in [2.75, 3.05) is 0 Å². The topological polar surface area (TPSA) is 20.2 Å². The average molecular weight is 128 g/mol. The molecule has 0 amide bonds. The molecule has 0 heterocycles. The molecule has 0 aromatic carbocycles. The maximum Gasteiger partial charge on any atom is 0.0626 e. The van der Waals surface area contributed by atoms with E-state index < -0.39 is 5.60 Å². The van der Waals surface area contributed by atoms with Gasteiger partial charge in [-0.15, -0.1) is 0 Å². The smallest absolute Gasteiger partial charge is 0.0626 e. The van der Waals surface area contributed by atoms with E-state index in [2.05, 4.69) is 0 Å². The van der Waals surface area contributed by atoms with Gasteiger partial charge in [-0.25, -0.2) is 0 Å². The van der Waals surface area contributed by atoms with Crippen LogP contribution in [0.15, 0.2) is 11.6 Å². The van der Waals surface area contributed by atoms with Gasteiger partial charge in [0.1, 0.15) is 0 Å². The minimum Gasteiger partial charge on any atom is -0.390 e. The molecule has 0 aliphatic carbocycles. The largest absolute Gasteiger partial charge is 0.390 e. The summed E-state index contributed by atoms with van der Waals surface area (Å²) in [7, 11) is 0. The Bertz CT molecular complexity index is 102. The molecule has 0 radical (unpaired) electrons. The summed E-state index contributed by atoms with van der Waals surface area (Å²) in [4.78, 5) is 0. The van der Waals surface area contributed by atoms with Crippen LogP contribution in [-0.2, 0) is 0 Å². The van der Waals surface area contributed by atoms with E-state index >= 15 is 0 Å². The molecule has 0 aromatic rings. The molecule has 1 heteroatoms. The van der Waals surface area contributed by atoms with Crippen molar-refractivity contribution in [2.45, 2.75) is 39.7 Å². The van der Waals surface area contributed by atoms with Crippen molar-refractivity contribution in [3.8, 4) is 0 Å². The molecular weight excluding hydrogens is 112 g/mol. The summed E-state index contributed by atoms with van der Waals surface area (Å²) in [5.74, 6) is 0. The normalized spacial score (nSPS) is 11.2. The Morgan fingerprint density at radius 2 is 1.89 bits per heavy atom. The van der Waals surface area contributed by atoms with Crippen LogP contribution in [0, 0.1) is 0 Å². The predicted molar refractivity (Wildman–Crippen MR) is 40.3 cm³/mol. The number of hydrogen-bond donors (Lipinski definition) is 1. The van der Waals surface area contributed by atoms with Crippen LogP contribution < -0.4 is 0 Å². The van der Waals surface area contributed by atoms with Gasteiger partial charge < -0.3 is 5.11 Å². The molecule has 1 N–H and O–H groups in total. The molecule has 0 spiro atoms. The second-order valence-electron chi connectivity index (χ2n) is 3.30. The Kier molecular flexibility index (Phi) is 2.92. The first-order chi connectivity index (χ1) is 3.92. The van der Waals surface area contributed by atoms with Crippen molar-refractivity contribution in [2.24, 2.45) is 0 Å². The van der Waals surface area contributed by atoms with E-state index in [9.17, 15) is 5.11 Å². The van der Waals surface area contributed by atoms with Crippen LogP contribution in [-0.4, -0.2) is 10.7 Å². The van der Waals surface area contributed by atoms with Gasteiger partial charge in [0.2, 0.25) is 0 Å². The Morgan fingerprint density at radius 3 is 2.00 bits per heavy atom. The first kappa shape index (κ1) is 8.70. The van der Waals surface area contributed by atoms with Gasteiger partial charge in [-0.2, -0.15) is 0 Å². The molecule has 0 aliphatic rings. The fourth-order valence-electron chi connectivity index (χ4n) is 0.454. The van der Waals surface area contributed by atoms with Crippen LogP contribution in [0.3, 0.4) is 0 Å². The molecule has 0 rings (SSSR count). The summed E-state index contributed by atoms with van der Waals surface area (Å²) in [6.45, 7) is 7.69. The second kappa shape index (κ2) is 3.02. The van der Waals surface area contributed by atoms with Crippen LogP contribution in [0.25, 0.3) is 0 Å². The summed E-state index contributed by atoms with van der Waals surface area (Å²) < 4.78 is 0. The summed E-state index contributed by atoms with van der Waals surface area (Å²) in [5, 5.41) is 9.22. The van der Waals surface area contributed by atoms with Crippen molar-refractivity contribution >= 4 is 0 Å². The monoisotopic (exact) mass is 128 g/mol. The van der Waals surface area contributed by atoms with Gasteiger partial charge in [0, 0.05) is 0 Å². The molecule has 1 nitrogen and oxygen atoms in total. The molecule has 0 saturated carbocycles. The zero-order valence-corrected chi connectivity index (χ0v) is 6.73. The molecular formula is C8H16O. The zero-order chi connectivity index (χ0) is 7.49. The highest BCUT2D eigenvalue weighted by Gasteiger charge is 2.08. The van der Waals surface area contributed by atoms with Gasteiger partial charge in [0.05, 0.1) is 5.60 Å². The molecule has 0 atom stereocenters. The Hall–Kier alpha value is -0.300. The summed E-state index contributed by atoms with van der Waals surface area (Å²) in [6, 6.07) is 0. The van der Waals surface area contributed by atoms with Crippen molar-refractivity contribution < 1.29 is 5.11 Å².